The van der Waals surface area contributed by atoms with Gasteiger partial charge in [-0.05, 0) is 29.3 Å². The van der Waals surface area contributed by atoms with Gasteiger partial charge in [-0.1, -0.05) is 74.8 Å². The zero-order valence-corrected chi connectivity index (χ0v) is 20.0. The number of carbonyl (C=O) groups excluding carboxylic acids is 1. The predicted octanol–water partition coefficient (Wildman–Crippen LogP) is 4.92. The van der Waals surface area contributed by atoms with Crippen molar-refractivity contribution in [3.63, 3.8) is 0 Å². The first kappa shape index (κ1) is 22.6. The molecule has 0 aliphatic carbocycles. The van der Waals surface area contributed by atoms with Crippen LogP contribution >= 0.6 is 11.6 Å². The molecule has 0 saturated carbocycles. The molecule has 0 N–H and O–H groups in total. The first-order valence-corrected chi connectivity index (χ1v) is 11.5. The number of amides is 1. The van der Waals surface area contributed by atoms with E-state index in [0.29, 0.717) is 18.8 Å². The summed E-state index contributed by atoms with van der Waals surface area (Å²) >= 11 is 6.14. The molecule has 2 heterocycles. The molecule has 4 rings (SSSR count). The van der Waals surface area contributed by atoms with Crippen LogP contribution in [0.2, 0.25) is 5.02 Å². The van der Waals surface area contributed by atoms with Crippen molar-refractivity contribution in [2.45, 2.75) is 32.2 Å². The van der Waals surface area contributed by atoms with E-state index in [0.717, 1.165) is 23.8 Å². The molecule has 1 amide bonds. The van der Waals surface area contributed by atoms with Gasteiger partial charge in [0.1, 0.15) is 5.69 Å². The van der Waals surface area contributed by atoms with Gasteiger partial charge >= 0.3 is 0 Å². The van der Waals surface area contributed by atoms with Crippen LogP contribution in [0.4, 0.5) is 0 Å². The Hall–Kier alpha value is -2.63. The maximum absolute atomic E-state index is 13.2. The predicted molar refractivity (Wildman–Crippen MR) is 129 cm³/mol. The SMILES string of the molecule is Cn1nc(C(C)(C)C)cc1C(=O)N1CCN([C@@H](c2ccccc2)c2ccc(Cl)cc2)CC1. The second kappa shape index (κ2) is 9.08. The van der Waals surface area contributed by atoms with Gasteiger partial charge in [-0.15, -0.1) is 0 Å². The minimum atomic E-state index is -0.0868. The van der Waals surface area contributed by atoms with Crippen molar-refractivity contribution < 1.29 is 4.79 Å². The van der Waals surface area contributed by atoms with E-state index < -0.39 is 0 Å². The third-order valence-corrected chi connectivity index (χ3v) is 6.39. The van der Waals surface area contributed by atoms with E-state index in [1.54, 1.807) is 4.68 Å². The highest BCUT2D eigenvalue weighted by Crippen LogP contribution is 2.31. The zero-order chi connectivity index (χ0) is 22.9. The number of hydrogen-bond acceptors (Lipinski definition) is 3. The van der Waals surface area contributed by atoms with E-state index >= 15 is 0 Å². The van der Waals surface area contributed by atoms with Gasteiger partial charge in [-0.2, -0.15) is 5.10 Å². The summed E-state index contributed by atoms with van der Waals surface area (Å²) in [7, 11) is 1.85. The van der Waals surface area contributed by atoms with Crippen LogP contribution in [0.1, 0.15) is 54.1 Å². The third kappa shape index (κ3) is 4.74. The van der Waals surface area contributed by atoms with Crippen molar-refractivity contribution in [2.75, 3.05) is 26.2 Å². The van der Waals surface area contributed by atoms with Crippen molar-refractivity contribution in [2.24, 2.45) is 7.05 Å². The molecule has 0 spiro atoms. The smallest absolute Gasteiger partial charge is 0.272 e. The molecule has 1 aliphatic rings. The van der Waals surface area contributed by atoms with Gasteiger partial charge < -0.3 is 4.90 Å². The maximum Gasteiger partial charge on any atom is 0.272 e. The average molecular weight is 451 g/mol. The summed E-state index contributed by atoms with van der Waals surface area (Å²) < 4.78 is 1.72. The fourth-order valence-corrected chi connectivity index (χ4v) is 4.40. The Morgan fingerprint density at radius 2 is 1.53 bits per heavy atom. The lowest BCUT2D eigenvalue weighted by molar-refractivity contribution is 0.0587. The number of carbonyl (C=O) groups is 1. The van der Waals surface area contributed by atoms with Crippen LogP contribution in [0.5, 0.6) is 0 Å². The number of piperazine rings is 1. The fourth-order valence-electron chi connectivity index (χ4n) is 4.27. The molecule has 1 saturated heterocycles. The average Bonchev–Trinajstić information content (AvgIpc) is 3.18. The summed E-state index contributed by atoms with van der Waals surface area (Å²) in [5.74, 6) is 0.0536. The minimum absolute atomic E-state index is 0.0536. The van der Waals surface area contributed by atoms with E-state index in [1.165, 1.54) is 11.1 Å². The summed E-state index contributed by atoms with van der Waals surface area (Å²) in [6.07, 6.45) is 0. The molecule has 0 unspecified atom stereocenters. The van der Waals surface area contributed by atoms with Gasteiger partial charge in [-0.3, -0.25) is 14.4 Å². The van der Waals surface area contributed by atoms with Crippen molar-refractivity contribution >= 4 is 17.5 Å². The minimum Gasteiger partial charge on any atom is -0.335 e. The molecule has 1 fully saturated rings. The molecule has 1 aliphatic heterocycles. The highest BCUT2D eigenvalue weighted by molar-refractivity contribution is 6.30. The van der Waals surface area contributed by atoms with Gasteiger partial charge in [0.2, 0.25) is 0 Å². The van der Waals surface area contributed by atoms with Gasteiger partial charge in [0.25, 0.3) is 5.91 Å². The molecule has 32 heavy (non-hydrogen) atoms. The topological polar surface area (TPSA) is 41.4 Å². The Balaban J connectivity index is 1.52. The molecule has 6 heteroatoms. The van der Waals surface area contributed by atoms with E-state index in [4.69, 9.17) is 11.6 Å². The van der Waals surface area contributed by atoms with Crippen molar-refractivity contribution in [3.05, 3.63) is 88.2 Å². The largest absolute Gasteiger partial charge is 0.335 e. The number of aromatic nitrogens is 2. The Morgan fingerprint density at radius 1 is 0.938 bits per heavy atom. The molecular formula is C26H31ClN4O. The summed E-state index contributed by atoms with van der Waals surface area (Å²) in [6.45, 7) is 9.32. The summed E-state index contributed by atoms with van der Waals surface area (Å²) in [5.41, 5.74) is 3.96. The van der Waals surface area contributed by atoms with Crippen LogP contribution in [-0.4, -0.2) is 51.7 Å². The van der Waals surface area contributed by atoms with Gasteiger partial charge in [0.15, 0.2) is 0 Å². The van der Waals surface area contributed by atoms with Crippen molar-refractivity contribution in [1.29, 1.82) is 0 Å². The number of benzene rings is 2. The van der Waals surface area contributed by atoms with Crippen LogP contribution in [-0.2, 0) is 12.5 Å². The highest BCUT2D eigenvalue weighted by atomic mass is 35.5. The molecule has 3 aromatic rings. The third-order valence-electron chi connectivity index (χ3n) is 6.14. The van der Waals surface area contributed by atoms with Crippen LogP contribution in [0.15, 0.2) is 60.7 Å². The van der Waals surface area contributed by atoms with Crippen LogP contribution in [0.25, 0.3) is 0 Å². The number of halogens is 1. The number of hydrogen-bond donors (Lipinski definition) is 0. The molecule has 1 aromatic heterocycles. The van der Waals surface area contributed by atoms with Crippen LogP contribution < -0.4 is 0 Å². The summed E-state index contributed by atoms with van der Waals surface area (Å²) in [6, 6.07) is 20.7. The van der Waals surface area contributed by atoms with Gasteiger partial charge in [0.05, 0.1) is 11.7 Å². The molecule has 0 radical (unpaired) electrons. The van der Waals surface area contributed by atoms with E-state index in [1.807, 2.05) is 36.2 Å². The highest BCUT2D eigenvalue weighted by Gasteiger charge is 2.30. The zero-order valence-electron chi connectivity index (χ0n) is 19.3. The van der Waals surface area contributed by atoms with E-state index in [-0.39, 0.29) is 17.4 Å². The Labute approximate surface area is 195 Å². The van der Waals surface area contributed by atoms with E-state index in [2.05, 4.69) is 67.2 Å². The Morgan fingerprint density at radius 3 is 2.09 bits per heavy atom. The van der Waals surface area contributed by atoms with Crippen LogP contribution in [0.3, 0.4) is 0 Å². The normalized spacial score (nSPS) is 16.2. The van der Waals surface area contributed by atoms with Gasteiger partial charge in [-0.25, -0.2) is 0 Å². The Kier molecular flexibility index (Phi) is 6.40. The van der Waals surface area contributed by atoms with Crippen molar-refractivity contribution in [3.8, 4) is 0 Å². The lowest BCUT2D eigenvalue weighted by atomic mass is 9.92. The molecule has 2 aromatic carbocycles. The summed E-state index contributed by atoms with van der Waals surface area (Å²) in [4.78, 5) is 17.6. The number of nitrogens with zero attached hydrogens (tertiary/aromatic N) is 4. The summed E-state index contributed by atoms with van der Waals surface area (Å²) in [5, 5.41) is 5.31. The second-order valence-corrected chi connectivity index (χ2v) is 9.92. The monoisotopic (exact) mass is 450 g/mol. The van der Waals surface area contributed by atoms with Crippen molar-refractivity contribution in [1.82, 2.24) is 19.6 Å². The standard InChI is InChI=1S/C26H31ClN4O/c1-26(2,3)23-18-22(29(4)28-23)25(32)31-16-14-30(15-17-31)24(19-8-6-5-7-9-19)20-10-12-21(27)13-11-20/h5-13,18,24H,14-17H2,1-4H3/t24-/m0/s1. The second-order valence-electron chi connectivity index (χ2n) is 9.48. The molecule has 168 valence electrons. The molecule has 0 bridgehead atoms. The molecule has 1 atom stereocenters. The quantitative estimate of drug-likeness (QED) is 0.566. The maximum atomic E-state index is 13.2. The lowest BCUT2D eigenvalue weighted by Gasteiger charge is -2.39. The van der Waals surface area contributed by atoms with Crippen LogP contribution in [0, 0.1) is 0 Å². The number of aryl methyl sites for hydroxylation is 1. The van der Waals surface area contributed by atoms with Gasteiger partial charge in [0, 0.05) is 43.7 Å². The first-order chi connectivity index (χ1) is 15.2. The lowest BCUT2D eigenvalue weighted by Crippen LogP contribution is -2.50. The van der Waals surface area contributed by atoms with E-state index in [9.17, 15) is 4.79 Å². The fraction of sp³-hybridized carbons (Fsp3) is 0.385. The Bertz CT molecular complexity index is 1060. The first-order valence-electron chi connectivity index (χ1n) is 11.1. The molecular weight excluding hydrogens is 420 g/mol. The molecule has 5 nitrogen and oxygen atoms in total. The number of rotatable bonds is 4.